The molecule has 1 aromatic carbocycles. The number of para-hydroxylation sites is 1. The third kappa shape index (κ3) is 2.21. The molecule has 17 heavy (non-hydrogen) atoms. The Bertz CT molecular complexity index is 604. The molecule has 2 aromatic rings. The highest BCUT2D eigenvalue weighted by Crippen LogP contribution is 2.23. The SMILES string of the molecule is CCOC(=O)C(Cl)n1c(=O)sc2ccccc21. The first kappa shape index (κ1) is 12.1. The lowest BCUT2D eigenvalue weighted by atomic mass is 10.3. The Hall–Kier alpha value is -1.33. The first-order chi connectivity index (χ1) is 8.15. The van der Waals surface area contributed by atoms with Crippen molar-refractivity contribution in [1.29, 1.82) is 0 Å². The summed E-state index contributed by atoms with van der Waals surface area (Å²) < 4.78 is 6.85. The number of rotatable bonds is 3. The van der Waals surface area contributed by atoms with Crippen molar-refractivity contribution in [3.8, 4) is 0 Å². The molecule has 4 nitrogen and oxygen atoms in total. The predicted molar refractivity (Wildman–Crippen MR) is 67.6 cm³/mol. The maximum atomic E-state index is 11.8. The fraction of sp³-hybridized carbons (Fsp3) is 0.273. The number of thiazole rings is 1. The summed E-state index contributed by atoms with van der Waals surface area (Å²) in [6, 6.07) is 7.18. The summed E-state index contributed by atoms with van der Waals surface area (Å²) in [6.45, 7) is 1.93. The van der Waals surface area contributed by atoms with Crippen LogP contribution in [-0.4, -0.2) is 17.1 Å². The Morgan fingerprint density at radius 1 is 1.53 bits per heavy atom. The third-order valence-corrected chi connectivity index (χ3v) is 3.54. The molecule has 0 saturated heterocycles. The number of esters is 1. The van der Waals surface area contributed by atoms with E-state index in [0.29, 0.717) is 5.52 Å². The van der Waals surface area contributed by atoms with Crippen molar-refractivity contribution in [2.75, 3.05) is 6.61 Å². The molecule has 0 N–H and O–H groups in total. The number of aromatic nitrogens is 1. The number of benzene rings is 1. The molecule has 0 aliphatic heterocycles. The topological polar surface area (TPSA) is 48.3 Å². The third-order valence-electron chi connectivity index (χ3n) is 2.23. The number of ether oxygens (including phenoxy) is 1. The van der Waals surface area contributed by atoms with Gasteiger partial charge >= 0.3 is 10.8 Å². The highest BCUT2D eigenvalue weighted by atomic mass is 35.5. The standard InChI is InChI=1S/C11H10ClNO3S/c1-2-16-10(14)9(12)13-7-5-3-4-6-8(7)17-11(13)15/h3-6,9H,2H2,1H3. The maximum absolute atomic E-state index is 11.8. The molecule has 0 amide bonds. The summed E-state index contributed by atoms with van der Waals surface area (Å²) in [5, 5.41) is 0. The summed E-state index contributed by atoms with van der Waals surface area (Å²) in [7, 11) is 0. The molecule has 0 fully saturated rings. The summed E-state index contributed by atoms with van der Waals surface area (Å²) in [6.07, 6.45) is 0. The van der Waals surface area contributed by atoms with Crippen LogP contribution in [0.5, 0.6) is 0 Å². The van der Waals surface area contributed by atoms with Crippen LogP contribution in [0.15, 0.2) is 29.1 Å². The number of hydrogen-bond donors (Lipinski definition) is 0. The van der Waals surface area contributed by atoms with E-state index in [4.69, 9.17) is 16.3 Å². The van der Waals surface area contributed by atoms with Crippen molar-refractivity contribution < 1.29 is 9.53 Å². The molecule has 0 spiro atoms. The van der Waals surface area contributed by atoms with Gasteiger partial charge in [-0.3, -0.25) is 9.36 Å². The van der Waals surface area contributed by atoms with E-state index in [9.17, 15) is 9.59 Å². The molecule has 0 aliphatic carbocycles. The Morgan fingerprint density at radius 2 is 2.24 bits per heavy atom. The van der Waals surface area contributed by atoms with Crippen molar-refractivity contribution in [3.63, 3.8) is 0 Å². The highest BCUT2D eigenvalue weighted by Gasteiger charge is 2.22. The van der Waals surface area contributed by atoms with Crippen LogP contribution in [-0.2, 0) is 9.53 Å². The number of hydrogen-bond acceptors (Lipinski definition) is 4. The van der Waals surface area contributed by atoms with Crippen LogP contribution in [0, 0.1) is 0 Å². The molecule has 0 aliphatic rings. The van der Waals surface area contributed by atoms with Gasteiger partial charge in [-0.15, -0.1) is 0 Å². The number of carbonyl (C=O) groups is 1. The molecule has 6 heteroatoms. The van der Waals surface area contributed by atoms with E-state index < -0.39 is 11.5 Å². The van der Waals surface area contributed by atoms with E-state index in [1.807, 2.05) is 12.1 Å². The lowest BCUT2D eigenvalue weighted by molar-refractivity contribution is -0.144. The molecule has 2 rings (SSSR count). The summed E-state index contributed by atoms with van der Waals surface area (Å²) in [4.78, 5) is 23.0. The zero-order valence-corrected chi connectivity index (χ0v) is 10.6. The fourth-order valence-electron chi connectivity index (χ4n) is 1.52. The lowest BCUT2D eigenvalue weighted by Crippen LogP contribution is -2.24. The van der Waals surface area contributed by atoms with E-state index in [0.717, 1.165) is 16.0 Å². The molecule has 90 valence electrons. The van der Waals surface area contributed by atoms with Crippen LogP contribution in [0.4, 0.5) is 0 Å². The van der Waals surface area contributed by atoms with Crippen molar-refractivity contribution in [1.82, 2.24) is 4.57 Å². The van der Waals surface area contributed by atoms with E-state index in [1.54, 1.807) is 19.1 Å². The quantitative estimate of drug-likeness (QED) is 0.636. The van der Waals surface area contributed by atoms with Gasteiger partial charge in [0.25, 0.3) is 0 Å². The van der Waals surface area contributed by atoms with Crippen molar-refractivity contribution in [3.05, 3.63) is 33.9 Å². The maximum Gasteiger partial charge on any atom is 0.345 e. The van der Waals surface area contributed by atoms with Crippen LogP contribution < -0.4 is 4.87 Å². The van der Waals surface area contributed by atoms with Gasteiger partial charge in [-0.2, -0.15) is 0 Å². The normalized spacial score (nSPS) is 12.6. The van der Waals surface area contributed by atoms with Crippen LogP contribution >= 0.6 is 22.9 Å². The van der Waals surface area contributed by atoms with Crippen LogP contribution in [0.3, 0.4) is 0 Å². The monoisotopic (exact) mass is 271 g/mol. The average Bonchev–Trinajstić information content (AvgIpc) is 2.64. The molecule has 1 atom stereocenters. The number of halogens is 1. The van der Waals surface area contributed by atoms with Crippen molar-refractivity contribution in [2.45, 2.75) is 12.4 Å². The van der Waals surface area contributed by atoms with Crippen molar-refractivity contribution >= 4 is 39.1 Å². The Kier molecular flexibility index (Phi) is 3.49. The molecule has 1 unspecified atom stereocenters. The van der Waals surface area contributed by atoms with Gasteiger partial charge in [0.2, 0.25) is 5.50 Å². The van der Waals surface area contributed by atoms with Crippen LogP contribution in [0.1, 0.15) is 12.4 Å². The number of nitrogens with zero attached hydrogens (tertiary/aromatic N) is 1. The summed E-state index contributed by atoms with van der Waals surface area (Å²) >= 11 is 7.01. The highest BCUT2D eigenvalue weighted by molar-refractivity contribution is 7.16. The Labute approximate surface area is 106 Å². The molecule has 0 saturated carbocycles. The number of alkyl halides is 1. The van der Waals surface area contributed by atoms with Gasteiger partial charge in [-0.25, -0.2) is 4.79 Å². The van der Waals surface area contributed by atoms with E-state index in [-0.39, 0.29) is 11.5 Å². The minimum absolute atomic E-state index is 0.235. The van der Waals surface area contributed by atoms with Gasteiger partial charge in [0.1, 0.15) is 0 Å². The van der Waals surface area contributed by atoms with Crippen LogP contribution in [0.25, 0.3) is 10.2 Å². The average molecular weight is 272 g/mol. The minimum Gasteiger partial charge on any atom is -0.464 e. The summed E-state index contributed by atoms with van der Waals surface area (Å²) in [5.41, 5.74) is -0.464. The molecule has 0 radical (unpaired) electrons. The van der Waals surface area contributed by atoms with Gasteiger partial charge in [0, 0.05) is 0 Å². The number of carbonyl (C=O) groups excluding carboxylic acids is 1. The van der Waals surface area contributed by atoms with E-state index >= 15 is 0 Å². The number of fused-ring (bicyclic) bond motifs is 1. The Balaban J connectivity index is 2.51. The Morgan fingerprint density at radius 3 is 2.94 bits per heavy atom. The van der Waals surface area contributed by atoms with E-state index in [1.165, 1.54) is 4.57 Å². The van der Waals surface area contributed by atoms with Gasteiger partial charge in [0.15, 0.2) is 0 Å². The van der Waals surface area contributed by atoms with Gasteiger partial charge < -0.3 is 4.74 Å². The molecular weight excluding hydrogens is 262 g/mol. The smallest absolute Gasteiger partial charge is 0.345 e. The summed E-state index contributed by atoms with van der Waals surface area (Å²) in [5.74, 6) is -0.611. The van der Waals surface area contributed by atoms with Gasteiger partial charge in [-0.1, -0.05) is 35.1 Å². The fourth-order valence-corrected chi connectivity index (χ4v) is 2.74. The second-order valence-corrected chi connectivity index (χ2v) is 4.70. The zero-order valence-electron chi connectivity index (χ0n) is 9.05. The lowest BCUT2D eigenvalue weighted by Gasteiger charge is -2.10. The second-order valence-electron chi connectivity index (χ2n) is 3.29. The minimum atomic E-state index is -1.11. The molecule has 0 bridgehead atoms. The largest absolute Gasteiger partial charge is 0.464 e. The second kappa shape index (κ2) is 4.89. The van der Waals surface area contributed by atoms with Gasteiger partial charge in [-0.05, 0) is 19.1 Å². The van der Waals surface area contributed by atoms with E-state index in [2.05, 4.69) is 0 Å². The van der Waals surface area contributed by atoms with Gasteiger partial charge in [0.05, 0.1) is 16.8 Å². The molecular formula is C11H10ClNO3S. The van der Waals surface area contributed by atoms with Crippen molar-refractivity contribution in [2.24, 2.45) is 0 Å². The first-order valence-electron chi connectivity index (χ1n) is 5.06. The molecule has 1 heterocycles. The van der Waals surface area contributed by atoms with Crippen LogP contribution in [0.2, 0.25) is 0 Å². The first-order valence-corrected chi connectivity index (χ1v) is 6.31. The zero-order chi connectivity index (χ0) is 12.4. The molecule has 1 aromatic heterocycles. The predicted octanol–water partition coefficient (Wildman–Crippen LogP) is 2.36.